The Labute approximate surface area is 166 Å². The molecule has 2 aromatic carbocycles. The van der Waals surface area contributed by atoms with Gasteiger partial charge in [0, 0.05) is 0 Å². The molecular weight excluding hydrogens is 384 g/mol. The predicted molar refractivity (Wildman–Crippen MR) is 99.9 cm³/mol. The van der Waals surface area contributed by atoms with Crippen LogP contribution in [-0.4, -0.2) is 57.4 Å². The van der Waals surface area contributed by atoms with E-state index in [2.05, 4.69) is 18.9 Å². The average molecular weight is 404 g/mol. The molecule has 0 fully saturated rings. The molecule has 0 saturated carbocycles. The number of methoxy groups -OCH3 is 4. The second-order valence-electron chi connectivity index (χ2n) is 5.28. The molecule has 0 bridgehead atoms. The Morgan fingerprint density at radius 1 is 0.586 bits per heavy atom. The van der Waals surface area contributed by atoms with Gasteiger partial charge in [-0.15, -0.1) is 0 Å². The minimum atomic E-state index is -0.663. The van der Waals surface area contributed by atoms with Crippen LogP contribution in [0.2, 0.25) is 0 Å². The highest BCUT2D eigenvalue weighted by atomic mass is 16.5. The Balaban J connectivity index is 0.000000291. The van der Waals surface area contributed by atoms with E-state index in [0.717, 1.165) is 6.07 Å². The van der Waals surface area contributed by atoms with E-state index >= 15 is 0 Å². The molecule has 2 aromatic rings. The van der Waals surface area contributed by atoms with Crippen LogP contribution in [0.15, 0.2) is 42.5 Å². The third-order valence-electron chi connectivity index (χ3n) is 3.55. The molecule has 2 rings (SSSR count). The zero-order chi connectivity index (χ0) is 22.0. The summed E-state index contributed by atoms with van der Waals surface area (Å²) in [5, 5.41) is 9.43. The van der Waals surface area contributed by atoms with E-state index in [1.54, 1.807) is 0 Å². The molecule has 0 aliphatic rings. The Bertz CT molecular complexity index is 850. The first kappa shape index (κ1) is 23.2. The second kappa shape index (κ2) is 11.1. The first-order valence-electron chi connectivity index (χ1n) is 8.05. The van der Waals surface area contributed by atoms with Crippen LogP contribution in [0.25, 0.3) is 0 Å². The third-order valence-corrected chi connectivity index (χ3v) is 3.55. The van der Waals surface area contributed by atoms with E-state index in [0.29, 0.717) is 11.1 Å². The number of phenols is 1. The first-order valence-corrected chi connectivity index (χ1v) is 8.05. The molecule has 0 aliphatic heterocycles. The molecule has 0 aliphatic carbocycles. The summed E-state index contributed by atoms with van der Waals surface area (Å²) in [6.07, 6.45) is 0. The van der Waals surface area contributed by atoms with Gasteiger partial charge in [0.1, 0.15) is 11.3 Å². The van der Waals surface area contributed by atoms with Crippen molar-refractivity contribution in [2.24, 2.45) is 0 Å². The van der Waals surface area contributed by atoms with E-state index in [1.165, 1.54) is 64.8 Å². The maximum absolute atomic E-state index is 11.1. The topological polar surface area (TPSA) is 125 Å². The molecule has 9 nitrogen and oxygen atoms in total. The number of benzene rings is 2. The molecule has 0 unspecified atom stereocenters. The molecule has 0 amide bonds. The maximum Gasteiger partial charge on any atom is 0.341 e. The lowest BCUT2D eigenvalue weighted by Crippen LogP contribution is -2.05. The van der Waals surface area contributed by atoms with Gasteiger partial charge in [-0.05, 0) is 42.5 Å². The largest absolute Gasteiger partial charge is 0.507 e. The lowest BCUT2D eigenvalue weighted by Gasteiger charge is -2.04. The highest BCUT2D eigenvalue weighted by molar-refractivity contribution is 5.96. The number of aromatic hydroxyl groups is 1. The van der Waals surface area contributed by atoms with Gasteiger partial charge in [-0.2, -0.15) is 0 Å². The van der Waals surface area contributed by atoms with Crippen LogP contribution >= 0.6 is 0 Å². The lowest BCUT2D eigenvalue weighted by molar-refractivity contribution is 0.0583. The van der Waals surface area contributed by atoms with Crippen molar-refractivity contribution in [3.63, 3.8) is 0 Å². The summed E-state index contributed by atoms with van der Waals surface area (Å²) in [5.74, 6) is -2.42. The van der Waals surface area contributed by atoms with Crippen LogP contribution in [0.3, 0.4) is 0 Å². The van der Waals surface area contributed by atoms with Crippen molar-refractivity contribution in [2.75, 3.05) is 28.4 Å². The van der Waals surface area contributed by atoms with Crippen molar-refractivity contribution in [1.29, 1.82) is 0 Å². The lowest BCUT2D eigenvalue weighted by atomic mass is 10.1. The molecule has 0 heterocycles. The van der Waals surface area contributed by atoms with Crippen molar-refractivity contribution in [3.8, 4) is 5.75 Å². The van der Waals surface area contributed by atoms with Crippen molar-refractivity contribution < 1.29 is 43.2 Å². The standard InChI is InChI=1S/C10H10O5.C10H10O4/c1-14-9(12)6-3-4-7(8(11)5-6)10(13)15-2;1-13-9(11)7-3-5-8(6-4-7)10(12)14-2/h3-5,11H,1-2H3;3-6H,1-2H3. The van der Waals surface area contributed by atoms with E-state index in [1.807, 2.05) is 0 Å². The minimum absolute atomic E-state index is 0.00477. The molecular formula is C20H20O9. The van der Waals surface area contributed by atoms with Gasteiger partial charge in [-0.1, -0.05) is 0 Å². The molecule has 0 radical (unpaired) electrons. The van der Waals surface area contributed by atoms with Gasteiger partial charge >= 0.3 is 23.9 Å². The Kier molecular flexibility index (Phi) is 8.84. The van der Waals surface area contributed by atoms with E-state index in [9.17, 15) is 24.3 Å². The van der Waals surface area contributed by atoms with Crippen LogP contribution in [0, 0.1) is 0 Å². The Morgan fingerprint density at radius 2 is 0.931 bits per heavy atom. The minimum Gasteiger partial charge on any atom is -0.507 e. The van der Waals surface area contributed by atoms with Gasteiger partial charge in [0.2, 0.25) is 0 Å². The van der Waals surface area contributed by atoms with Gasteiger partial charge in [-0.3, -0.25) is 0 Å². The number of hydrogen-bond acceptors (Lipinski definition) is 9. The van der Waals surface area contributed by atoms with Gasteiger partial charge in [0.05, 0.1) is 45.1 Å². The van der Waals surface area contributed by atoms with E-state index < -0.39 is 23.9 Å². The Hall–Kier alpha value is -3.88. The fourth-order valence-corrected chi connectivity index (χ4v) is 2.04. The van der Waals surface area contributed by atoms with Gasteiger partial charge in [-0.25, -0.2) is 19.2 Å². The molecule has 0 aromatic heterocycles. The molecule has 0 saturated heterocycles. The fourth-order valence-electron chi connectivity index (χ4n) is 2.04. The van der Waals surface area contributed by atoms with Gasteiger partial charge in [0.25, 0.3) is 0 Å². The second-order valence-corrected chi connectivity index (χ2v) is 5.28. The summed E-state index contributed by atoms with van der Waals surface area (Å²) in [6.45, 7) is 0. The molecule has 0 spiro atoms. The predicted octanol–water partition coefficient (Wildman–Crippen LogP) is 2.23. The number of rotatable bonds is 4. The van der Waals surface area contributed by atoms with E-state index in [4.69, 9.17) is 0 Å². The summed E-state index contributed by atoms with van der Waals surface area (Å²) >= 11 is 0. The van der Waals surface area contributed by atoms with Crippen LogP contribution < -0.4 is 0 Å². The number of esters is 4. The van der Waals surface area contributed by atoms with Gasteiger partial charge < -0.3 is 24.1 Å². The average Bonchev–Trinajstić information content (AvgIpc) is 2.77. The van der Waals surface area contributed by atoms with Crippen molar-refractivity contribution >= 4 is 23.9 Å². The summed E-state index contributed by atoms with van der Waals surface area (Å²) in [7, 11) is 5.04. The maximum atomic E-state index is 11.1. The highest BCUT2D eigenvalue weighted by Crippen LogP contribution is 2.20. The SMILES string of the molecule is COC(=O)c1ccc(C(=O)OC)c(O)c1.COC(=O)c1ccc(C(=O)OC)cc1. The van der Waals surface area contributed by atoms with Crippen molar-refractivity contribution in [2.45, 2.75) is 0 Å². The quantitative estimate of drug-likeness (QED) is 0.603. The number of ether oxygens (including phenoxy) is 4. The molecule has 154 valence electrons. The first-order chi connectivity index (χ1) is 13.8. The smallest absolute Gasteiger partial charge is 0.341 e. The number of carbonyl (C=O) groups is 4. The van der Waals surface area contributed by atoms with Crippen molar-refractivity contribution in [3.05, 3.63) is 64.7 Å². The zero-order valence-corrected chi connectivity index (χ0v) is 16.3. The summed E-state index contributed by atoms with van der Waals surface area (Å²) in [6, 6.07) is 9.87. The Morgan fingerprint density at radius 3 is 1.28 bits per heavy atom. The third kappa shape index (κ3) is 6.35. The number of phenolic OH excluding ortho intramolecular Hbond substituents is 1. The summed E-state index contributed by atoms with van der Waals surface area (Å²) in [5.41, 5.74) is 0.980. The summed E-state index contributed by atoms with van der Waals surface area (Å²) < 4.78 is 17.9. The zero-order valence-electron chi connectivity index (χ0n) is 16.3. The molecule has 0 atom stereocenters. The van der Waals surface area contributed by atoms with Gasteiger partial charge in [0.15, 0.2) is 0 Å². The highest BCUT2D eigenvalue weighted by Gasteiger charge is 2.14. The normalized spacial score (nSPS) is 9.38. The fraction of sp³-hybridized carbons (Fsp3) is 0.200. The van der Waals surface area contributed by atoms with Crippen LogP contribution in [-0.2, 0) is 18.9 Å². The van der Waals surface area contributed by atoms with Crippen LogP contribution in [0.5, 0.6) is 5.75 Å². The molecule has 1 N–H and O–H groups in total. The molecule has 29 heavy (non-hydrogen) atoms. The van der Waals surface area contributed by atoms with Crippen LogP contribution in [0.4, 0.5) is 0 Å². The monoisotopic (exact) mass is 404 g/mol. The number of carbonyl (C=O) groups excluding carboxylic acids is 4. The molecule has 9 heteroatoms. The van der Waals surface area contributed by atoms with Crippen molar-refractivity contribution in [1.82, 2.24) is 0 Å². The summed E-state index contributed by atoms with van der Waals surface area (Å²) in [4.78, 5) is 44.2. The van der Waals surface area contributed by atoms with Crippen LogP contribution in [0.1, 0.15) is 41.4 Å². The van der Waals surface area contributed by atoms with E-state index in [-0.39, 0.29) is 16.9 Å². The number of hydrogen-bond donors (Lipinski definition) is 1.